The summed E-state index contributed by atoms with van der Waals surface area (Å²) in [4.78, 5) is 15.8. The van der Waals surface area contributed by atoms with Crippen molar-refractivity contribution in [1.82, 2.24) is 15.2 Å². The van der Waals surface area contributed by atoms with Gasteiger partial charge in [0.1, 0.15) is 17.0 Å². The number of hydrogen-bond donors (Lipinski definition) is 0. The molecule has 0 aliphatic carbocycles. The number of para-hydroxylation sites is 1. The number of fused-ring (bicyclic) bond motifs is 1. The van der Waals surface area contributed by atoms with Crippen molar-refractivity contribution in [3.05, 3.63) is 42.5 Å². The Labute approximate surface area is 126 Å². The summed E-state index contributed by atoms with van der Waals surface area (Å²) in [6.45, 7) is 1.34. The van der Waals surface area contributed by atoms with Crippen LogP contribution in [0.25, 0.3) is 22.4 Å². The average molecular weight is 295 g/mol. The topological polar surface area (TPSA) is 74.2 Å². The molecule has 0 aliphatic rings. The van der Waals surface area contributed by atoms with E-state index in [0.717, 1.165) is 5.52 Å². The number of benzene rings is 2. The molecular formula is C16H13N3O3. The molecule has 1 heterocycles. The lowest BCUT2D eigenvalue weighted by Crippen LogP contribution is -2.04. The van der Waals surface area contributed by atoms with Gasteiger partial charge < -0.3 is 9.47 Å². The number of carbonyl (C=O) groups is 1. The highest BCUT2D eigenvalue weighted by atomic mass is 16.5. The van der Waals surface area contributed by atoms with Crippen LogP contribution in [0.4, 0.5) is 0 Å². The van der Waals surface area contributed by atoms with Gasteiger partial charge in [0.2, 0.25) is 0 Å². The summed E-state index contributed by atoms with van der Waals surface area (Å²) in [5, 5.41) is 8.24. The molecule has 110 valence electrons. The van der Waals surface area contributed by atoms with Crippen LogP contribution in [0.3, 0.4) is 0 Å². The van der Waals surface area contributed by atoms with Crippen LogP contribution in [0.5, 0.6) is 11.5 Å². The smallest absolute Gasteiger partial charge is 0.308 e. The van der Waals surface area contributed by atoms with Crippen LogP contribution in [0.15, 0.2) is 42.5 Å². The van der Waals surface area contributed by atoms with E-state index in [2.05, 4.69) is 15.2 Å². The van der Waals surface area contributed by atoms with Gasteiger partial charge in [-0.1, -0.05) is 12.1 Å². The molecule has 0 atom stereocenters. The molecule has 0 radical (unpaired) electrons. The molecular weight excluding hydrogens is 282 g/mol. The van der Waals surface area contributed by atoms with Crippen molar-refractivity contribution in [2.24, 2.45) is 0 Å². The summed E-state index contributed by atoms with van der Waals surface area (Å²) in [5.74, 6) is 0.874. The zero-order valence-corrected chi connectivity index (χ0v) is 12.1. The van der Waals surface area contributed by atoms with Crippen molar-refractivity contribution in [3.8, 4) is 22.9 Å². The van der Waals surface area contributed by atoms with E-state index in [4.69, 9.17) is 9.47 Å². The molecule has 0 saturated heterocycles. The van der Waals surface area contributed by atoms with E-state index in [9.17, 15) is 4.79 Å². The number of rotatable bonds is 3. The molecule has 0 spiro atoms. The quantitative estimate of drug-likeness (QED) is 0.546. The molecule has 0 aliphatic heterocycles. The number of aromatic nitrogens is 3. The summed E-state index contributed by atoms with van der Waals surface area (Å²) >= 11 is 0. The Morgan fingerprint density at radius 3 is 2.55 bits per heavy atom. The molecule has 6 heteroatoms. The highest BCUT2D eigenvalue weighted by Crippen LogP contribution is 2.31. The zero-order valence-electron chi connectivity index (χ0n) is 12.1. The van der Waals surface area contributed by atoms with Gasteiger partial charge in [0.05, 0.1) is 18.2 Å². The van der Waals surface area contributed by atoms with E-state index in [1.54, 1.807) is 25.3 Å². The monoisotopic (exact) mass is 295 g/mol. The van der Waals surface area contributed by atoms with E-state index in [0.29, 0.717) is 28.4 Å². The first-order valence-corrected chi connectivity index (χ1v) is 6.63. The molecule has 0 unspecified atom stereocenters. The molecule has 0 amide bonds. The van der Waals surface area contributed by atoms with Crippen LogP contribution < -0.4 is 9.47 Å². The van der Waals surface area contributed by atoms with Crippen molar-refractivity contribution in [3.63, 3.8) is 0 Å². The Kier molecular flexibility index (Phi) is 3.65. The van der Waals surface area contributed by atoms with Gasteiger partial charge in [-0.05, 0) is 24.3 Å². The third kappa shape index (κ3) is 2.71. The molecule has 6 nitrogen and oxygen atoms in total. The zero-order chi connectivity index (χ0) is 15.5. The van der Waals surface area contributed by atoms with Crippen molar-refractivity contribution >= 4 is 17.0 Å². The Bertz CT molecular complexity index is 849. The van der Waals surface area contributed by atoms with Crippen molar-refractivity contribution in [2.75, 3.05) is 7.11 Å². The molecule has 0 N–H and O–H groups in total. The number of hydrogen-bond acceptors (Lipinski definition) is 6. The second kappa shape index (κ2) is 5.77. The highest BCUT2D eigenvalue weighted by Gasteiger charge is 2.14. The minimum absolute atomic E-state index is 0.337. The fraction of sp³-hybridized carbons (Fsp3) is 0.125. The first-order valence-electron chi connectivity index (χ1n) is 6.63. The predicted octanol–water partition coefficient (Wildman–Crippen LogP) is 2.63. The van der Waals surface area contributed by atoms with Gasteiger partial charge in [-0.25, -0.2) is 4.98 Å². The van der Waals surface area contributed by atoms with Gasteiger partial charge in [0.15, 0.2) is 5.82 Å². The van der Waals surface area contributed by atoms with Crippen LogP contribution in [-0.4, -0.2) is 28.3 Å². The first-order chi connectivity index (χ1) is 10.7. The third-order valence-corrected chi connectivity index (χ3v) is 3.04. The van der Waals surface area contributed by atoms with Crippen LogP contribution in [-0.2, 0) is 4.79 Å². The van der Waals surface area contributed by atoms with E-state index >= 15 is 0 Å². The number of esters is 1. The van der Waals surface area contributed by atoms with E-state index < -0.39 is 5.97 Å². The Hall–Kier alpha value is -3.02. The second-order valence-electron chi connectivity index (χ2n) is 4.58. The fourth-order valence-electron chi connectivity index (χ4n) is 2.05. The maximum atomic E-state index is 11.3. The molecule has 1 aromatic heterocycles. The lowest BCUT2D eigenvalue weighted by Gasteiger charge is -2.09. The van der Waals surface area contributed by atoms with Crippen LogP contribution in [0.2, 0.25) is 0 Å². The second-order valence-corrected chi connectivity index (χ2v) is 4.58. The van der Waals surface area contributed by atoms with Gasteiger partial charge in [0.25, 0.3) is 0 Å². The number of nitrogens with zero attached hydrogens (tertiary/aromatic N) is 3. The third-order valence-electron chi connectivity index (χ3n) is 3.04. The number of ether oxygens (including phenoxy) is 2. The molecule has 3 rings (SSSR count). The molecule has 22 heavy (non-hydrogen) atoms. The SMILES string of the molecule is COc1ccc(-c2nnc3ccccc3n2)c(OC(C)=O)c1. The lowest BCUT2D eigenvalue weighted by atomic mass is 10.1. The van der Waals surface area contributed by atoms with Crippen molar-refractivity contribution in [2.45, 2.75) is 6.92 Å². The van der Waals surface area contributed by atoms with E-state index in [1.165, 1.54) is 6.92 Å². The molecule has 0 bridgehead atoms. The highest BCUT2D eigenvalue weighted by molar-refractivity contribution is 5.78. The minimum Gasteiger partial charge on any atom is -0.497 e. The van der Waals surface area contributed by atoms with E-state index in [1.807, 2.05) is 24.3 Å². The summed E-state index contributed by atoms with van der Waals surface area (Å²) < 4.78 is 10.4. The Balaban J connectivity index is 2.13. The first kappa shape index (κ1) is 13.9. The minimum atomic E-state index is -0.428. The van der Waals surface area contributed by atoms with Crippen LogP contribution >= 0.6 is 0 Å². The Morgan fingerprint density at radius 1 is 1.05 bits per heavy atom. The van der Waals surface area contributed by atoms with Gasteiger partial charge >= 0.3 is 5.97 Å². The number of methoxy groups -OCH3 is 1. The summed E-state index contributed by atoms with van der Waals surface area (Å²) in [6.07, 6.45) is 0. The number of carbonyl (C=O) groups excluding carboxylic acids is 1. The summed E-state index contributed by atoms with van der Waals surface area (Å²) in [7, 11) is 1.54. The molecule has 0 saturated carbocycles. The fourth-order valence-corrected chi connectivity index (χ4v) is 2.05. The Morgan fingerprint density at radius 2 is 1.82 bits per heavy atom. The summed E-state index contributed by atoms with van der Waals surface area (Å²) in [6, 6.07) is 12.5. The standard InChI is InChI=1S/C16H13N3O3/c1-10(20)22-15-9-11(21-2)7-8-12(15)16-17-13-5-3-4-6-14(13)18-19-16/h3-9H,1-2H3. The average Bonchev–Trinajstić information content (AvgIpc) is 2.53. The molecule has 0 fully saturated rings. The van der Waals surface area contributed by atoms with Crippen molar-refractivity contribution < 1.29 is 14.3 Å². The largest absolute Gasteiger partial charge is 0.497 e. The maximum Gasteiger partial charge on any atom is 0.308 e. The van der Waals surface area contributed by atoms with Crippen LogP contribution in [0, 0.1) is 0 Å². The van der Waals surface area contributed by atoms with Crippen molar-refractivity contribution in [1.29, 1.82) is 0 Å². The van der Waals surface area contributed by atoms with Crippen LogP contribution in [0.1, 0.15) is 6.92 Å². The summed E-state index contributed by atoms with van der Waals surface area (Å²) in [5.41, 5.74) is 2.00. The molecule has 3 aromatic rings. The predicted molar refractivity (Wildman–Crippen MR) is 80.6 cm³/mol. The normalized spacial score (nSPS) is 10.5. The van der Waals surface area contributed by atoms with Gasteiger partial charge in [-0.2, -0.15) is 0 Å². The maximum absolute atomic E-state index is 11.3. The van der Waals surface area contributed by atoms with Gasteiger partial charge in [-0.3, -0.25) is 4.79 Å². The lowest BCUT2D eigenvalue weighted by molar-refractivity contribution is -0.131. The van der Waals surface area contributed by atoms with Gasteiger partial charge in [0, 0.05) is 13.0 Å². The van der Waals surface area contributed by atoms with Gasteiger partial charge in [-0.15, -0.1) is 10.2 Å². The molecule has 2 aromatic carbocycles. The van der Waals surface area contributed by atoms with E-state index in [-0.39, 0.29) is 0 Å².